The Labute approximate surface area is 125 Å². The molecule has 106 valence electrons. The first-order valence-electron chi connectivity index (χ1n) is 6.74. The van der Waals surface area contributed by atoms with Crippen molar-refractivity contribution in [2.75, 3.05) is 0 Å². The smallest absolute Gasteiger partial charge is 0.133 e. The summed E-state index contributed by atoms with van der Waals surface area (Å²) in [6, 6.07) is 11.3. The summed E-state index contributed by atoms with van der Waals surface area (Å²) in [6.45, 7) is 5.91. The first-order valence-corrected chi connectivity index (χ1v) is 7.11. The number of aryl methyl sites for hydroxylation is 2. The number of hydrogen-bond donors (Lipinski definition) is 1. The van der Waals surface area contributed by atoms with E-state index in [-0.39, 0.29) is 0 Å². The van der Waals surface area contributed by atoms with E-state index in [4.69, 9.17) is 16.3 Å². The van der Waals surface area contributed by atoms with Crippen LogP contribution in [0.3, 0.4) is 0 Å². The Balaban J connectivity index is 2.23. The summed E-state index contributed by atoms with van der Waals surface area (Å²) in [4.78, 5) is 0. The maximum Gasteiger partial charge on any atom is 0.133 e. The van der Waals surface area contributed by atoms with Gasteiger partial charge in [0, 0.05) is 5.02 Å². The van der Waals surface area contributed by atoms with Gasteiger partial charge in [-0.2, -0.15) is 0 Å². The average Bonchev–Trinajstić information content (AvgIpc) is 2.42. The van der Waals surface area contributed by atoms with Gasteiger partial charge in [-0.3, -0.25) is 0 Å². The van der Waals surface area contributed by atoms with E-state index >= 15 is 0 Å². The van der Waals surface area contributed by atoms with Crippen molar-refractivity contribution < 1.29 is 9.84 Å². The largest absolute Gasteiger partial charge is 0.457 e. The van der Waals surface area contributed by atoms with E-state index in [9.17, 15) is 5.11 Å². The van der Waals surface area contributed by atoms with Crippen molar-refractivity contribution in [3.8, 4) is 11.5 Å². The van der Waals surface area contributed by atoms with Gasteiger partial charge in [-0.25, -0.2) is 0 Å². The lowest BCUT2D eigenvalue weighted by molar-refractivity contribution is 0.173. The molecule has 0 radical (unpaired) electrons. The van der Waals surface area contributed by atoms with Crippen LogP contribution >= 0.6 is 11.6 Å². The molecule has 0 bridgehead atoms. The molecule has 0 aliphatic carbocycles. The first kappa shape index (κ1) is 14.9. The Kier molecular flexibility index (Phi) is 4.69. The van der Waals surface area contributed by atoms with E-state index in [0.29, 0.717) is 11.4 Å². The van der Waals surface area contributed by atoms with Crippen molar-refractivity contribution in [1.82, 2.24) is 0 Å². The third kappa shape index (κ3) is 3.33. The van der Waals surface area contributed by atoms with Crippen molar-refractivity contribution >= 4 is 11.6 Å². The molecule has 3 heteroatoms. The molecule has 1 atom stereocenters. The molecule has 1 N–H and O–H groups in total. The summed E-state index contributed by atoms with van der Waals surface area (Å²) < 4.78 is 5.92. The minimum atomic E-state index is -0.414. The van der Waals surface area contributed by atoms with E-state index in [1.165, 1.54) is 0 Å². The van der Waals surface area contributed by atoms with Crippen LogP contribution in [0.4, 0.5) is 0 Å². The fraction of sp³-hybridized carbons (Fsp3) is 0.294. The molecule has 2 rings (SSSR count). The number of ether oxygens (including phenoxy) is 1. The van der Waals surface area contributed by atoms with E-state index in [1.54, 1.807) is 0 Å². The number of aliphatic hydroxyl groups excluding tert-OH is 1. The van der Waals surface area contributed by atoms with Gasteiger partial charge >= 0.3 is 0 Å². The van der Waals surface area contributed by atoms with Crippen LogP contribution in [0.25, 0.3) is 0 Å². The van der Waals surface area contributed by atoms with Crippen molar-refractivity contribution in [1.29, 1.82) is 0 Å². The Morgan fingerprint density at radius 1 is 1.10 bits per heavy atom. The number of aliphatic hydroxyl groups is 1. The summed E-state index contributed by atoms with van der Waals surface area (Å²) in [7, 11) is 0. The monoisotopic (exact) mass is 290 g/mol. The Bertz CT molecular complexity index is 567. The SMILES string of the molecule is CC[C@@H](O)c1ccc(Oc2c(C)cc(Cl)cc2C)cc1. The van der Waals surface area contributed by atoms with Gasteiger partial charge < -0.3 is 9.84 Å². The van der Waals surface area contributed by atoms with Gasteiger partial charge in [0.2, 0.25) is 0 Å². The van der Waals surface area contributed by atoms with E-state index in [2.05, 4.69) is 0 Å². The number of rotatable bonds is 4. The highest BCUT2D eigenvalue weighted by atomic mass is 35.5. The third-order valence-electron chi connectivity index (χ3n) is 3.30. The summed E-state index contributed by atoms with van der Waals surface area (Å²) in [6.07, 6.45) is 0.290. The van der Waals surface area contributed by atoms with Crippen LogP contribution in [0.15, 0.2) is 36.4 Å². The maximum absolute atomic E-state index is 9.77. The fourth-order valence-electron chi connectivity index (χ4n) is 2.17. The predicted molar refractivity (Wildman–Crippen MR) is 82.7 cm³/mol. The molecule has 0 heterocycles. The Morgan fingerprint density at radius 3 is 2.15 bits per heavy atom. The average molecular weight is 291 g/mol. The minimum absolute atomic E-state index is 0.414. The first-order chi connectivity index (χ1) is 9.51. The molecule has 0 saturated heterocycles. The highest BCUT2D eigenvalue weighted by Crippen LogP contribution is 2.31. The fourth-order valence-corrected chi connectivity index (χ4v) is 2.50. The quantitative estimate of drug-likeness (QED) is 0.839. The van der Waals surface area contributed by atoms with Gasteiger partial charge in [0.25, 0.3) is 0 Å². The second kappa shape index (κ2) is 6.29. The summed E-state index contributed by atoms with van der Waals surface area (Å²) in [5.74, 6) is 1.59. The second-order valence-electron chi connectivity index (χ2n) is 4.96. The highest BCUT2D eigenvalue weighted by molar-refractivity contribution is 6.30. The molecule has 0 aliphatic rings. The molecule has 0 spiro atoms. The minimum Gasteiger partial charge on any atom is -0.457 e. The molecule has 2 aromatic rings. The summed E-state index contributed by atoms with van der Waals surface area (Å²) in [5.41, 5.74) is 2.92. The van der Waals surface area contributed by atoms with E-state index in [1.807, 2.05) is 57.2 Å². The van der Waals surface area contributed by atoms with Crippen LogP contribution in [0, 0.1) is 13.8 Å². The summed E-state index contributed by atoms with van der Waals surface area (Å²) in [5, 5.41) is 10.5. The van der Waals surface area contributed by atoms with Crippen molar-refractivity contribution in [2.24, 2.45) is 0 Å². The Morgan fingerprint density at radius 2 is 1.65 bits per heavy atom. The van der Waals surface area contributed by atoms with E-state index < -0.39 is 6.10 Å². The third-order valence-corrected chi connectivity index (χ3v) is 3.51. The van der Waals surface area contributed by atoms with Crippen LogP contribution in [0.5, 0.6) is 11.5 Å². The molecule has 0 aromatic heterocycles. The second-order valence-corrected chi connectivity index (χ2v) is 5.40. The standard InChI is InChI=1S/C17H19ClO2/c1-4-16(19)13-5-7-15(8-6-13)20-17-11(2)9-14(18)10-12(17)3/h5-10,16,19H,4H2,1-3H3/t16-/m1/s1. The van der Waals surface area contributed by atoms with Crippen LogP contribution < -0.4 is 4.74 Å². The number of hydrogen-bond acceptors (Lipinski definition) is 2. The zero-order chi connectivity index (χ0) is 14.7. The van der Waals surface area contributed by atoms with Gasteiger partial charge in [-0.05, 0) is 61.2 Å². The molecule has 0 fully saturated rings. The normalized spacial score (nSPS) is 12.2. The van der Waals surface area contributed by atoms with E-state index in [0.717, 1.165) is 28.2 Å². The van der Waals surface area contributed by atoms with Gasteiger partial charge in [0.05, 0.1) is 6.10 Å². The maximum atomic E-state index is 9.77. The molecule has 0 unspecified atom stereocenters. The van der Waals surface area contributed by atoms with Gasteiger partial charge in [-0.1, -0.05) is 30.7 Å². The van der Waals surface area contributed by atoms with Crippen molar-refractivity contribution in [3.05, 3.63) is 58.1 Å². The van der Waals surface area contributed by atoms with Crippen LogP contribution in [0.2, 0.25) is 5.02 Å². The zero-order valence-electron chi connectivity index (χ0n) is 12.0. The van der Waals surface area contributed by atoms with Crippen molar-refractivity contribution in [3.63, 3.8) is 0 Å². The number of halogens is 1. The molecular formula is C17H19ClO2. The molecule has 0 amide bonds. The highest BCUT2D eigenvalue weighted by Gasteiger charge is 2.08. The summed E-state index contributed by atoms with van der Waals surface area (Å²) >= 11 is 6.01. The molecule has 2 aromatic carbocycles. The van der Waals surface area contributed by atoms with Crippen LogP contribution in [-0.2, 0) is 0 Å². The van der Waals surface area contributed by atoms with Gasteiger partial charge in [0.1, 0.15) is 11.5 Å². The Hall–Kier alpha value is -1.51. The van der Waals surface area contributed by atoms with Gasteiger partial charge in [0.15, 0.2) is 0 Å². The lowest BCUT2D eigenvalue weighted by atomic mass is 10.1. The van der Waals surface area contributed by atoms with Crippen LogP contribution in [-0.4, -0.2) is 5.11 Å². The molecule has 0 aliphatic heterocycles. The van der Waals surface area contributed by atoms with Crippen LogP contribution in [0.1, 0.15) is 36.1 Å². The number of benzene rings is 2. The molecule has 0 saturated carbocycles. The van der Waals surface area contributed by atoms with Crippen molar-refractivity contribution in [2.45, 2.75) is 33.3 Å². The molecule has 20 heavy (non-hydrogen) atoms. The molecular weight excluding hydrogens is 272 g/mol. The zero-order valence-corrected chi connectivity index (χ0v) is 12.7. The molecule has 2 nitrogen and oxygen atoms in total. The lowest BCUT2D eigenvalue weighted by Crippen LogP contribution is -1.95. The topological polar surface area (TPSA) is 29.5 Å². The van der Waals surface area contributed by atoms with Gasteiger partial charge in [-0.15, -0.1) is 0 Å². The predicted octanol–water partition coefficient (Wildman–Crippen LogP) is 5.19. The lowest BCUT2D eigenvalue weighted by Gasteiger charge is -2.13.